The number of fused-ring (bicyclic) bond motifs is 1. The molecular formula is C34H30FN5O4S. The number of nitrogens with one attached hydrogen (secondary N) is 2. The van der Waals surface area contributed by atoms with Gasteiger partial charge < -0.3 is 14.9 Å². The van der Waals surface area contributed by atoms with E-state index in [1.165, 1.54) is 24.3 Å². The van der Waals surface area contributed by atoms with Crippen LogP contribution in [0.2, 0.25) is 0 Å². The molecule has 1 atom stereocenters. The molecule has 0 saturated carbocycles. The summed E-state index contributed by atoms with van der Waals surface area (Å²) in [5.74, 6) is 0.476. The first-order chi connectivity index (χ1) is 21.8. The minimum Gasteiger partial charge on any atom is -0.387 e. The molecule has 0 bridgehead atoms. The van der Waals surface area contributed by atoms with E-state index < -0.39 is 16.1 Å². The van der Waals surface area contributed by atoms with Crippen molar-refractivity contribution >= 4 is 26.5 Å². The van der Waals surface area contributed by atoms with Crippen molar-refractivity contribution in [2.45, 2.75) is 23.8 Å². The number of sulfonamides is 1. The smallest absolute Gasteiger partial charge is 0.261 e. The SMILES string of the molecule is O=S(=O)(Nc1ccc(CCNCC(O)c2cccnc2)cc1)c1ccc(-c2noc(Cc3ccc4cc(F)ccc4c3)n2)cc1. The zero-order chi connectivity index (χ0) is 31.2. The molecule has 0 spiro atoms. The Morgan fingerprint density at radius 1 is 0.889 bits per heavy atom. The van der Waals surface area contributed by atoms with Gasteiger partial charge in [0.05, 0.1) is 17.4 Å². The highest BCUT2D eigenvalue weighted by Crippen LogP contribution is 2.23. The number of hydrogen-bond donors (Lipinski definition) is 3. The molecule has 6 aromatic rings. The molecule has 6 rings (SSSR count). The van der Waals surface area contributed by atoms with Crippen LogP contribution in [0.5, 0.6) is 0 Å². The molecule has 0 saturated heterocycles. The van der Waals surface area contributed by atoms with Crippen LogP contribution in [0.15, 0.2) is 119 Å². The van der Waals surface area contributed by atoms with E-state index in [2.05, 4.69) is 25.2 Å². The number of benzene rings is 4. The first-order valence-electron chi connectivity index (χ1n) is 14.3. The number of aliphatic hydroxyl groups is 1. The van der Waals surface area contributed by atoms with Crippen molar-refractivity contribution in [1.29, 1.82) is 0 Å². The van der Waals surface area contributed by atoms with Crippen LogP contribution in [-0.4, -0.2) is 41.7 Å². The van der Waals surface area contributed by atoms with Crippen molar-refractivity contribution in [2.75, 3.05) is 17.8 Å². The largest absolute Gasteiger partial charge is 0.387 e. The zero-order valence-corrected chi connectivity index (χ0v) is 24.9. The van der Waals surface area contributed by atoms with Crippen LogP contribution in [0.25, 0.3) is 22.2 Å². The summed E-state index contributed by atoms with van der Waals surface area (Å²) in [4.78, 5) is 8.58. The normalized spacial score (nSPS) is 12.3. The molecule has 0 radical (unpaired) electrons. The second-order valence-electron chi connectivity index (χ2n) is 10.6. The molecular weight excluding hydrogens is 593 g/mol. The quantitative estimate of drug-likeness (QED) is 0.149. The summed E-state index contributed by atoms with van der Waals surface area (Å²) >= 11 is 0. The highest BCUT2D eigenvalue weighted by molar-refractivity contribution is 7.92. The van der Waals surface area contributed by atoms with Crippen LogP contribution >= 0.6 is 0 Å². The molecule has 1 unspecified atom stereocenters. The van der Waals surface area contributed by atoms with E-state index >= 15 is 0 Å². The van der Waals surface area contributed by atoms with Crippen molar-refractivity contribution in [3.63, 3.8) is 0 Å². The molecule has 0 amide bonds. The lowest BCUT2D eigenvalue weighted by Gasteiger charge is -2.12. The van der Waals surface area contributed by atoms with Crippen LogP contribution in [0.1, 0.15) is 28.7 Å². The van der Waals surface area contributed by atoms with Crippen LogP contribution in [0, 0.1) is 5.82 Å². The van der Waals surface area contributed by atoms with Crippen LogP contribution in [0.3, 0.4) is 0 Å². The predicted molar refractivity (Wildman–Crippen MR) is 169 cm³/mol. The van der Waals surface area contributed by atoms with E-state index in [9.17, 15) is 17.9 Å². The maximum absolute atomic E-state index is 13.5. The fraction of sp³-hybridized carbons (Fsp3) is 0.147. The van der Waals surface area contributed by atoms with E-state index in [1.54, 1.807) is 48.8 Å². The van der Waals surface area contributed by atoms with Gasteiger partial charge in [0.2, 0.25) is 11.7 Å². The molecule has 45 heavy (non-hydrogen) atoms. The first kappa shape index (κ1) is 30.1. The molecule has 3 N–H and O–H groups in total. The van der Waals surface area contributed by atoms with Gasteiger partial charge in [-0.2, -0.15) is 4.98 Å². The maximum Gasteiger partial charge on any atom is 0.261 e. The summed E-state index contributed by atoms with van der Waals surface area (Å²) in [5.41, 5.74) is 3.79. The molecule has 4 aromatic carbocycles. The average molecular weight is 624 g/mol. The van der Waals surface area contributed by atoms with Gasteiger partial charge in [0.25, 0.3) is 10.0 Å². The summed E-state index contributed by atoms with van der Waals surface area (Å²) in [6, 6.07) is 27.4. The van der Waals surface area contributed by atoms with Crippen molar-refractivity contribution in [3.05, 3.63) is 138 Å². The van der Waals surface area contributed by atoms with Crippen LogP contribution < -0.4 is 10.0 Å². The van der Waals surface area contributed by atoms with E-state index in [1.807, 2.05) is 36.4 Å². The minimum atomic E-state index is -3.82. The predicted octanol–water partition coefficient (Wildman–Crippen LogP) is 5.68. The van der Waals surface area contributed by atoms with Gasteiger partial charge in [-0.15, -0.1) is 0 Å². The van der Waals surface area contributed by atoms with E-state index in [0.29, 0.717) is 42.5 Å². The Labute approximate surface area is 259 Å². The Hall–Kier alpha value is -4.97. The second kappa shape index (κ2) is 13.3. The van der Waals surface area contributed by atoms with Gasteiger partial charge in [-0.3, -0.25) is 9.71 Å². The topological polar surface area (TPSA) is 130 Å². The van der Waals surface area contributed by atoms with Gasteiger partial charge in [-0.05, 0) is 89.5 Å². The summed E-state index contributed by atoms with van der Waals surface area (Å²) in [6.07, 6.45) is 3.80. The Morgan fingerprint density at radius 3 is 2.42 bits per heavy atom. The lowest BCUT2D eigenvalue weighted by Crippen LogP contribution is -2.23. The Balaban J connectivity index is 1.02. The van der Waals surface area contributed by atoms with Gasteiger partial charge in [0, 0.05) is 35.8 Å². The van der Waals surface area contributed by atoms with Crippen LogP contribution in [0.4, 0.5) is 10.1 Å². The second-order valence-corrected chi connectivity index (χ2v) is 12.3. The third kappa shape index (κ3) is 7.58. The van der Waals surface area contributed by atoms with E-state index in [0.717, 1.165) is 33.9 Å². The molecule has 2 heterocycles. The molecule has 2 aromatic heterocycles. The molecule has 9 nitrogen and oxygen atoms in total. The third-order valence-corrected chi connectivity index (χ3v) is 8.71. The van der Waals surface area contributed by atoms with Gasteiger partial charge >= 0.3 is 0 Å². The average Bonchev–Trinajstić information content (AvgIpc) is 3.52. The van der Waals surface area contributed by atoms with Gasteiger partial charge in [-0.1, -0.05) is 47.6 Å². The highest BCUT2D eigenvalue weighted by atomic mass is 32.2. The number of rotatable bonds is 12. The zero-order valence-electron chi connectivity index (χ0n) is 24.1. The van der Waals surface area contributed by atoms with Crippen molar-refractivity contribution < 1.29 is 22.4 Å². The van der Waals surface area contributed by atoms with Gasteiger partial charge in [-0.25, -0.2) is 12.8 Å². The lowest BCUT2D eigenvalue weighted by molar-refractivity contribution is 0.174. The Morgan fingerprint density at radius 2 is 1.64 bits per heavy atom. The minimum absolute atomic E-state index is 0.100. The van der Waals surface area contributed by atoms with E-state index in [4.69, 9.17) is 4.52 Å². The van der Waals surface area contributed by atoms with Crippen molar-refractivity contribution in [1.82, 2.24) is 20.4 Å². The summed E-state index contributed by atoms with van der Waals surface area (Å²) in [5, 5.41) is 19.2. The number of nitrogens with zero attached hydrogens (tertiary/aromatic N) is 3. The Kier molecular flexibility index (Phi) is 8.92. The summed E-state index contributed by atoms with van der Waals surface area (Å²) in [6.45, 7) is 1.06. The molecule has 0 aliphatic carbocycles. The fourth-order valence-electron chi connectivity index (χ4n) is 4.89. The number of aliphatic hydroxyl groups excluding tert-OH is 1. The molecule has 228 valence electrons. The standard InChI is InChI=1S/C34H30FN5O4S/c35-29-10-7-26-18-24(3-6-27(26)20-29)19-33-38-34(39-44-33)25-8-13-31(14-9-25)45(42,43)40-30-11-4-23(5-12-30)15-17-37-22-32(41)28-2-1-16-36-21-28/h1-14,16,18,20-21,32,37,40-41H,15,17,19,22H2. The summed E-state index contributed by atoms with van der Waals surface area (Å²) < 4.78 is 47.6. The Bertz CT molecular complexity index is 2000. The van der Waals surface area contributed by atoms with Gasteiger partial charge in [0.1, 0.15) is 5.82 Å². The fourth-order valence-corrected chi connectivity index (χ4v) is 5.95. The molecule has 0 aliphatic rings. The monoisotopic (exact) mass is 623 g/mol. The van der Waals surface area contributed by atoms with E-state index in [-0.39, 0.29) is 10.7 Å². The molecule has 0 fully saturated rings. The molecule has 11 heteroatoms. The molecule has 0 aliphatic heterocycles. The number of halogens is 1. The van der Waals surface area contributed by atoms with Crippen molar-refractivity contribution in [3.8, 4) is 11.4 Å². The number of anilines is 1. The number of pyridine rings is 1. The van der Waals surface area contributed by atoms with Gasteiger partial charge in [0.15, 0.2) is 0 Å². The number of hydrogen-bond acceptors (Lipinski definition) is 8. The first-order valence-corrected chi connectivity index (χ1v) is 15.8. The lowest BCUT2D eigenvalue weighted by atomic mass is 10.1. The third-order valence-electron chi connectivity index (χ3n) is 7.32. The highest BCUT2D eigenvalue weighted by Gasteiger charge is 2.16. The maximum atomic E-state index is 13.5. The number of aromatic nitrogens is 3. The van der Waals surface area contributed by atoms with Crippen LogP contribution in [-0.2, 0) is 22.9 Å². The van der Waals surface area contributed by atoms with Crippen molar-refractivity contribution in [2.24, 2.45) is 0 Å². The summed E-state index contributed by atoms with van der Waals surface area (Å²) in [7, 11) is -3.82.